The van der Waals surface area contributed by atoms with Gasteiger partial charge in [0.2, 0.25) is 5.89 Å². The van der Waals surface area contributed by atoms with Crippen molar-refractivity contribution in [2.75, 3.05) is 13.2 Å². The zero-order valence-corrected chi connectivity index (χ0v) is 10.9. The average Bonchev–Trinajstić information content (AvgIpc) is 3.04. The number of aromatic nitrogens is 4. The molecule has 0 aliphatic carbocycles. The molecule has 7 nitrogen and oxygen atoms in total. The summed E-state index contributed by atoms with van der Waals surface area (Å²) in [6.45, 7) is -1.44. The van der Waals surface area contributed by atoms with E-state index in [2.05, 4.69) is 24.8 Å². The maximum absolute atomic E-state index is 11.9. The predicted molar refractivity (Wildman–Crippen MR) is 64.1 cm³/mol. The zero-order valence-electron chi connectivity index (χ0n) is 10.9. The second-order valence-corrected chi connectivity index (χ2v) is 4.35. The van der Waals surface area contributed by atoms with E-state index in [4.69, 9.17) is 10.3 Å². The molecule has 0 aliphatic heterocycles. The highest BCUT2D eigenvalue weighted by atomic mass is 19.4. The Morgan fingerprint density at radius 3 is 2.90 bits per heavy atom. The number of hydrogen-bond donors (Lipinski definition) is 2. The fourth-order valence-corrected chi connectivity index (χ4v) is 1.59. The number of ether oxygens (including phenoxy) is 1. The Balaban J connectivity index is 1.78. The number of imidazole rings is 1. The molecule has 2 heterocycles. The summed E-state index contributed by atoms with van der Waals surface area (Å²) in [5, 5.41) is 3.65. The molecule has 10 heteroatoms. The van der Waals surface area contributed by atoms with Crippen molar-refractivity contribution in [1.82, 2.24) is 20.1 Å². The van der Waals surface area contributed by atoms with Crippen molar-refractivity contribution in [3.63, 3.8) is 0 Å². The molecule has 0 spiro atoms. The minimum Gasteiger partial charge on any atom is -0.372 e. The van der Waals surface area contributed by atoms with Gasteiger partial charge >= 0.3 is 6.18 Å². The lowest BCUT2D eigenvalue weighted by atomic mass is 10.2. The Morgan fingerprint density at radius 2 is 2.24 bits per heavy atom. The summed E-state index contributed by atoms with van der Waals surface area (Å²) in [6, 6.07) is -0.511. The first-order chi connectivity index (χ1) is 9.94. The highest BCUT2D eigenvalue weighted by Gasteiger charge is 2.27. The number of hydrogen-bond acceptors (Lipinski definition) is 6. The van der Waals surface area contributed by atoms with Crippen molar-refractivity contribution in [3.8, 4) is 0 Å². The second-order valence-electron chi connectivity index (χ2n) is 4.35. The molecule has 0 saturated carbocycles. The van der Waals surface area contributed by atoms with Gasteiger partial charge in [-0.2, -0.15) is 18.2 Å². The average molecular weight is 305 g/mol. The zero-order chi connectivity index (χ0) is 15.3. The van der Waals surface area contributed by atoms with Crippen LogP contribution < -0.4 is 5.73 Å². The van der Waals surface area contributed by atoms with Crippen LogP contribution >= 0.6 is 0 Å². The van der Waals surface area contributed by atoms with E-state index in [9.17, 15) is 13.2 Å². The quantitative estimate of drug-likeness (QED) is 0.744. The van der Waals surface area contributed by atoms with Crippen LogP contribution in [-0.2, 0) is 17.6 Å². The van der Waals surface area contributed by atoms with Crippen LogP contribution in [0.3, 0.4) is 0 Å². The molecule has 2 aromatic heterocycles. The SMILES string of the molecule is N[C@H](Cc1cnc[nH]1)c1nc(CCOCC(F)(F)F)no1. The first-order valence-corrected chi connectivity index (χ1v) is 6.14. The van der Waals surface area contributed by atoms with Crippen molar-refractivity contribution < 1.29 is 22.4 Å². The number of aromatic amines is 1. The highest BCUT2D eigenvalue weighted by Crippen LogP contribution is 2.15. The topological polar surface area (TPSA) is 103 Å². The molecule has 0 saturated heterocycles. The van der Waals surface area contributed by atoms with Crippen LogP contribution in [0.5, 0.6) is 0 Å². The van der Waals surface area contributed by atoms with E-state index in [-0.39, 0.29) is 24.7 Å². The van der Waals surface area contributed by atoms with Crippen LogP contribution in [0.25, 0.3) is 0 Å². The Bertz CT molecular complexity index is 540. The molecule has 21 heavy (non-hydrogen) atoms. The van der Waals surface area contributed by atoms with Crippen LogP contribution in [0.2, 0.25) is 0 Å². The molecule has 0 aliphatic rings. The van der Waals surface area contributed by atoms with Crippen molar-refractivity contribution in [2.24, 2.45) is 5.73 Å². The van der Waals surface area contributed by atoms with Crippen LogP contribution in [0.1, 0.15) is 23.5 Å². The van der Waals surface area contributed by atoms with Crippen molar-refractivity contribution in [2.45, 2.75) is 25.1 Å². The van der Waals surface area contributed by atoms with Gasteiger partial charge in [0.15, 0.2) is 5.82 Å². The third-order valence-electron chi connectivity index (χ3n) is 2.53. The lowest BCUT2D eigenvalue weighted by Gasteiger charge is -2.05. The Kier molecular flexibility index (Phi) is 4.91. The Morgan fingerprint density at radius 1 is 1.43 bits per heavy atom. The summed E-state index contributed by atoms with van der Waals surface area (Å²) in [4.78, 5) is 10.8. The van der Waals surface area contributed by atoms with Gasteiger partial charge in [0, 0.05) is 24.7 Å². The molecule has 1 atom stereocenters. The largest absolute Gasteiger partial charge is 0.411 e. The number of nitrogens with one attached hydrogen (secondary N) is 1. The van der Waals surface area contributed by atoms with Crippen molar-refractivity contribution in [3.05, 3.63) is 29.9 Å². The van der Waals surface area contributed by atoms with Gasteiger partial charge in [-0.05, 0) is 0 Å². The number of alkyl halides is 3. The number of nitrogens with zero attached hydrogens (tertiary/aromatic N) is 3. The van der Waals surface area contributed by atoms with E-state index in [0.29, 0.717) is 6.42 Å². The number of rotatable bonds is 7. The molecule has 0 bridgehead atoms. The van der Waals surface area contributed by atoms with Gasteiger partial charge in [0.25, 0.3) is 0 Å². The maximum atomic E-state index is 11.9. The second kappa shape index (κ2) is 6.68. The van der Waals surface area contributed by atoms with Gasteiger partial charge in [-0.25, -0.2) is 4.98 Å². The molecule has 0 fully saturated rings. The van der Waals surface area contributed by atoms with Crippen molar-refractivity contribution in [1.29, 1.82) is 0 Å². The Hall–Kier alpha value is -1.94. The van der Waals surface area contributed by atoms with Crippen LogP contribution in [0.15, 0.2) is 17.0 Å². The number of nitrogens with two attached hydrogens (primary N) is 1. The maximum Gasteiger partial charge on any atom is 0.411 e. The van der Waals surface area contributed by atoms with Gasteiger partial charge < -0.3 is 20.0 Å². The van der Waals surface area contributed by atoms with Gasteiger partial charge in [0.05, 0.1) is 19.0 Å². The van der Waals surface area contributed by atoms with E-state index in [1.54, 1.807) is 6.20 Å². The molecule has 116 valence electrons. The third-order valence-corrected chi connectivity index (χ3v) is 2.53. The minimum absolute atomic E-state index is 0.121. The fraction of sp³-hybridized carbons (Fsp3) is 0.545. The van der Waals surface area contributed by atoms with Crippen LogP contribution in [0.4, 0.5) is 13.2 Å². The van der Waals surface area contributed by atoms with E-state index >= 15 is 0 Å². The van der Waals surface area contributed by atoms with Gasteiger partial charge in [-0.1, -0.05) is 5.16 Å². The van der Waals surface area contributed by atoms with E-state index in [1.165, 1.54) is 6.33 Å². The molecule has 2 rings (SSSR count). The predicted octanol–water partition coefficient (Wildman–Crippen LogP) is 1.16. The lowest BCUT2D eigenvalue weighted by molar-refractivity contribution is -0.173. The molecular formula is C11H14F3N5O2. The standard InChI is InChI=1S/C11H14F3N5O2/c12-11(13,14)5-20-2-1-9-18-10(21-19-9)8(15)3-7-4-16-6-17-7/h4,6,8H,1-3,5,15H2,(H,16,17)/t8-/m1/s1. The summed E-state index contributed by atoms with van der Waals surface area (Å²) in [5.41, 5.74) is 6.70. The summed E-state index contributed by atoms with van der Waals surface area (Å²) >= 11 is 0. The summed E-state index contributed by atoms with van der Waals surface area (Å²) in [7, 11) is 0. The molecule has 2 aromatic rings. The fourth-order valence-electron chi connectivity index (χ4n) is 1.59. The van der Waals surface area contributed by atoms with E-state index in [0.717, 1.165) is 5.69 Å². The first-order valence-electron chi connectivity index (χ1n) is 6.14. The normalized spacial score (nSPS) is 13.5. The molecule has 0 unspecified atom stereocenters. The van der Waals surface area contributed by atoms with Gasteiger partial charge in [0.1, 0.15) is 6.61 Å². The Labute approximate surface area is 117 Å². The smallest absolute Gasteiger partial charge is 0.372 e. The monoisotopic (exact) mass is 305 g/mol. The summed E-state index contributed by atoms with van der Waals surface area (Å²) in [5.74, 6) is 0.475. The summed E-state index contributed by atoms with van der Waals surface area (Å²) < 4.78 is 45.1. The van der Waals surface area contributed by atoms with Crippen molar-refractivity contribution >= 4 is 0 Å². The molecule has 3 N–H and O–H groups in total. The molecule has 0 radical (unpaired) electrons. The van der Waals surface area contributed by atoms with E-state index in [1.807, 2.05) is 0 Å². The summed E-state index contributed by atoms with van der Waals surface area (Å²) in [6.07, 6.45) is -0.626. The highest BCUT2D eigenvalue weighted by molar-refractivity contribution is 5.02. The minimum atomic E-state index is -4.34. The molecule has 0 aromatic carbocycles. The van der Waals surface area contributed by atoms with Gasteiger partial charge in [-0.3, -0.25) is 0 Å². The molecule has 0 amide bonds. The lowest BCUT2D eigenvalue weighted by Crippen LogP contribution is -2.18. The van der Waals surface area contributed by atoms with Crippen LogP contribution in [-0.4, -0.2) is 39.5 Å². The molecular weight excluding hydrogens is 291 g/mol. The first kappa shape index (κ1) is 15.4. The number of H-pyrrole nitrogens is 1. The number of halogens is 3. The third kappa shape index (κ3) is 5.16. The van der Waals surface area contributed by atoms with Crippen LogP contribution in [0, 0.1) is 0 Å². The van der Waals surface area contributed by atoms with E-state index < -0.39 is 18.8 Å². The van der Waals surface area contributed by atoms with Gasteiger partial charge in [-0.15, -0.1) is 0 Å².